The summed E-state index contributed by atoms with van der Waals surface area (Å²) in [4.78, 5) is 6.86. The van der Waals surface area contributed by atoms with Crippen molar-refractivity contribution in [2.45, 2.75) is 40.2 Å². The maximum Gasteiger partial charge on any atom is 0.191 e. The van der Waals surface area contributed by atoms with Gasteiger partial charge in [-0.2, -0.15) is 5.10 Å². The zero-order valence-corrected chi connectivity index (χ0v) is 17.6. The van der Waals surface area contributed by atoms with Crippen molar-refractivity contribution >= 4 is 29.9 Å². The molecule has 6 heteroatoms. The van der Waals surface area contributed by atoms with Gasteiger partial charge in [-0.1, -0.05) is 25.1 Å². The largest absolute Gasteiger partial charge is 0.370 e. The van der Waals surface area contributed by atoms with Crippen molar-refractivity contribution in [2.75, 3.05) is 13.1 Å². The van der Waals surface area contributed by atoms with Crippen LogP contribution in [0.5, 0.6) is 0 Å². The summed E-state index contributed by atoms with van der Waals surface area (Å²) in [6, 6.07) is 10.2. The molecule has 1 aliphatic heterocycles. The first-order chi connectivity index (χ1) is 11.6. The number of para-hydroxylation sites is 1. The van der Waals surface area contributed by atoms with Gasteiger partial charge in [0.2, 0.25) is 0 Å². The lowest BCUT2D eigenvalue weighted by atomic mass is 10.0. The molecule has 2 aromatic rings. The molecular formula is C19H28IN5. The lowest BCUT2D eigenvalue weighted by molar-refractivity contribution is 0.270. The lowest BCUT2D eigenvalue weighted by Gasteiger charge is -2.31. The van der Waals surface area contributed by atoms with E-state index in [9.17, 15) is 0 Å². The van der Waals surface area contributed by atoms with Crippen LogP contribution < -0.4 is 5.73 Å². The molecule has 0 amide bonds. The fourth-order valence-electron chi connectivity index (χ4n) is 3.38. The van der Waals surface area contributed by atoms with Crippen LogP contribution in [0.2, 0.25) is 0 Å². The van der Waals surface area contributed by atoms with Crippen molar-refractivity contribution in [1.82, 2.24) is 14.7 Å². The van der Waals surface area contributed by atoms with Gasteiger partial charge >= 0.3 is 0 Å². The Balaban J connectivity index is 0.00000225. The van der Waals surface area contributed by atoms with Crippen LogP contribution in [0.3, 0.4) is 0 Å². The molecule has 3 rings (SSSR count). The minimum atomic E-state index is 0. The second kappa shape index (κ2) is 8.69. The quantitative estimate of drug-likeness (QED) is 0.439. The Hall–Kier alpha value is -1.57. The number of nitrogens with two attached hydrogens (primary N) is 1. The number of guanidine groups is 1. The van der Waals surface area contributed by atoms with Gasteiger partial charge < -0.3 is 10.6 Å². The Bertz CT molecular complexity index is 723. The molecule has 0 radical (unpaired) electrons. The van der Waals surface area contributed by atoms with Gasteiger partial charge in [0, 0.05) is 24.3 Å². The highest BCUT2D eigenvalue weighted by Crippen LogP contribution is 2.19. The number of likely N-dealkylation sites (tertiary alicyclic amines) is 1. The smallest absolute Gasteiger partial charge is 0.191 e. The SMILES string of the molecule is Cc1nn(-c2ccccc2)c(C)c1CN=C(N)N1CCCC(C)C1.I. The fraction of sp³-hybridized carbons (Fsp3) is 0.474. The number of aromatic nitrogens is 2. The predicted molar refractivity (Wildman–Crippen MR) is 114 cm³/mol. The molecular weight excluding hydrogens is 425 g/mol. The molecule has 1 aliphatic rings. The molecule has 1 fully saturated rings. The highest BCUT2D eigenvalue weighted by atomic mass is 127. The number of aryl methyl sites for hydroxylation is 1. The van der Waals surface area contributed by atoms with E-state index in [4.69, 9.17) is 5.73 Å². The molecule has 2 heterocycles. The lowest BCUT2D eigenvalue weighted by Crippen LogP contribution is -2.43. The first-order valence-electron chi connectivity index (χ1n) is 8.71. The third-order valence-electron chi connectivity index (χ3n) is 4.82. The molecule has 2 N–H and O–H groups in total. The van der Waals surface area contributed by atoms with Crippen molar-refractivity contribution in [1.29, 1.82) is 0 Å². The first kappa shape index (κ1) is 19.8. The first-order valence-corrected chi connectivity index (χ1v) is 8.71. The molecule has 25 heavy (non-hydrogen) atoms. The molecule has 0 bridgehead atoms. The van der Waals surface area contributed by atoms with Crippen molar-refractivity contribution < 1.29 is 0 Å². The summed E-state index contributed by atoms with van der Waals surface area (Å²) in [6.07, 6.45) is 2.48. The van der Waals surface area contributed by atoms with E-state index >= 15 is 0 Å². The number of hydrogen-bond donors (Lipinski definition) is 1. The summed E-state index contributed by atoms with van der Waals surface area (Å²) in [5.41, 5.74) is 10.6. The van der Waals surface area contributed by atoms with Crippen molar-refractivity contribution in [3.05, 3.63) is 47.3 Å². The van der Waals surface area contributed by atoms with Crippen molar-refractivity contribution in [2.24, 2.45) is 16.6 Å². The third kappa shape index (κ3) is 4.54. The molecule has 0 aliphatic carbocycles. The van der Waals surface area contributed by atoms with Crippen LogP contribution in [0.1, 0.15) is 36.7 Å². The molecule has 0 spiro atoms. The summed E-state index contributed by atoms with van der Waals surface area (Å²) < 4.78 is 1.99. The van der Waals surface area contributed by atoms with Crippen LogP contribution in [-0.2, 0) is 6.54 Å². The summed E-state index contributed by atoms with van der Waals surface area (Å²) >= 11 is 0. The van der Waals surface area contributed by atoms with Gasteiger partial charge in [-0.05, 0) is 44.7 Å². The maximum absolute atomic E-state index is 6.23. The van der Waals surface area contributed by atoms with Crippen LogP contribution in [0.15, 0.2) is 35.3 Å². The zero-order valence-electron chi connectivity index (χ0n) is 15.3. The molecule has 1 saturated heterocycles. The van der Waals surface area contributed by atoms with Crippen LogP contribution >= 0.6 is 24.0 Å². The molecule has 1 atom stereocenters. The number of nitrogens with zero attached hydrogens (tertiary/aromatic N) is 4. The number of halogens is 1. The maximum atomic E-state index is 6.23. The Morgan fingerprint density at radius 1 is 1.28 bits per heavy atom. The summed E-state index contributed by atoms with van der Waals surface area (Å²) in [5.74, 6) is 1.35. The number of benzene rings is 1. The summed E-state index contributed by atoms with van der Waals surface area (Å²) in [7, 11) is 0. The summed E-state index contributed by atoms with van der Waals surface area (Å²) in [5, 5.41) is 4.68. The second-order valence-electron chi connectivity index (χ2n) is 6.76. The van der Waals surface area contributed by atoms with Gasteiger partial charge in [-0.15, -0.1) is 24.0 Å². The highest BCUT2D eigenvalue weighted by Gasteiger charge is 2.18. The van der Waals surface area contributed by atoms with E-state index in [1.165, 1.54) is 12.8 Å². The van der Waals surface area contributed by atoms with E-state index in [0.29, 0.717) is 18.4 Å². The van der Waals surface area contributed by atoms with Crippen LogP contribution in [0.4, 0.5) is 0 Å². The fourth-order valence-corrected chi connectivity index (χ4v) is 3.38. The standard InChI is InChI=1S/C19H27N5.HI/c1-14-8-7-11-23(13-14)19(20)21-12-18-15(2)22-24(16(18)3)17-9-5-4-6-10-17;/h4-6,9-10,14H,7-8,11-13H2,1-3H3,(H2,20,21);1H. The van der Waals surface area contributed by atoms with Gasteiger partial charge in [-0.3, -0.25) is 0 Å². The Morgan fingerprint density at radius 3 is 2.68 bits per heavy atom. The Labute approximate surface area is 167 Å². The molecule has 0 saturated carbocycles. The number of aliphatic imine (C=N–C) groups is 1. The average Bonchev–Trinajstić information content (AvgIpc) is 2.88. The number of hydrogen-bond acceptors (Lipinski definition) is 2. The molecule has 136 valence electrons. The van der Waals surface area contributed by atoms with E-state index in [1.807, 2.05) is 29.8 Å². The van der Waals surface area contributed by atoms with Gasteiger partial charge in [0.15, 0.2) is 5.96 Å². The molecule has 5 nitrogen and oxygen atoms in total. The Morgan fingerprint density at radius 2 is 2.00 bits per heavy atom. The highest BCUT2D eigenvalue weighted by molar-refractivity contribution is 14.0. The monoisotopic (exact) mass is 453 g/mol. The number of piperidine rings is 1. The van der Waals surface area contributed by atoms with Gasteiger partial charge in [0.05, 0.1) is 17.9 Å². The van der Waals surface area contributed by atoms with Crippen molar-refractivity contribution in [3.8, 4) is 5.69 Å². The van der Waals surface area contributed by atoms with Crippen LogP contribution in [0.25, 0.3) is 5.69 Å². The van der Waals surface area contributed by atoms with E-state index in [0.717, 1.165) is 35.7 Å². The zero-order chi connectivity index (χ0) is 17.1. The molecule has 1 aromatic carbocycles. The second-order valence-corrected chi connectivity index (χ2v) is 6.76. The predicted octanol–water partition coefficient (Wildman–Crippen LogP) is 3.65. The molecule has 1 aromatic heterocycles. The number of rotatable bonds is 3. The molecule has 1 unspecified atom stereocenters. The van der Waals surface area contributed by atoms with E-state index in [2.05, 4.69) is 41.0 Å². The van der Waals surface area contributed by atoms with Crippen LogP contribution in [0, 0.1) is 19.8 Å². The van der Waals surface area contributed by atoms with Gasteiger partial charge in [-0.25, -0.2) is 9.67 Å². The summed E-state index contributed by atoms with van der Waals surface area (Å²) in [6.45, 7) is 9.02. The average molecular weight is 453 g/mol. The minimum absolute atomic E-state index is 0. The van der Waals surface area contributed by atoms with Crippen LogP contribution in [-0.4, -0.2) is 33.7 Å². The topological polar surface area (TPSA) is 59.4 Å². The Kier molecular flexibility index (Phi) is 6.87. The van der Waals surface area contributed by atoms with E-state index in [1.54, 1.807) is 0 Å². The minimum Gasteiger partial charge on any atom is -0.370 e. The van der Waals surface area contributed by atoms with E-state index in [-0.39, 0.29) is 24.0 Å². The van der Waals surface area contributed by atoms with Gasteiger partial charge in [0.25, 0.3) is 0 Å². The van der Waals surface area contributed by atoms with Gasteiger partial charge in [0.1, 0.15) is 0 Å². The van der Waals surface area contributed by atoms with Crippen molar-refractivity contribution in [3.63, 3.8) is 0 Å². The van der Waals surface area contributed by atoms with E-state index < -0.39 is 0 Å². The normalized spacial score (nSPS) is 18.1. The third-order valence-corrected chi connectivity index (χ3v) is 4.82.